The molecule has 0 bridgehead atoms. The lowest BCUT2D eigenvalue weighted by Crippen LogP contribution is -2.22. The Morgan fingerprint density at radius 2 is 1.93 bits per heavy atom. The van der Waals surface area contributed by atoms with Gasteiger partial charge >= 0.3 is 5.97 Å². The number of rotatable bonds is 5. The smallest absolute Gasteiger partial charge is 0.335 e. The number of hydrogen-bond donors (Lipinski definition) is 3. The van der Waals surface area contributed by atoms with Crippen LogP contribution in [-0.2, 0) is 0 Å². The first kappa shape index (κ1) is 20.4. The molecule has 5 atom stereocenters. The largest absolute Gasteiger partial charge is 0.478 e. The summed E-state index contributed by atoms with van der Waals surface area (Å²) in [4.78, 5) is 11.2. The minimum absolute atomic E-state index is 0.106. The second kappa shape index (κ2) is 8.85. The van der Waals surface area contributed by atoms with Gasteiger partial charge in [-0.2, -0.15) is 0 Å². The number of allylic oxidation sites excluding steroid dienone is 1. The molecule has 3 N–H and O–H groups in total. The van der Waals surface area contributed by atoms with E-state index in [-0.39, 0.29) is 12.0 Å². The maximum Gasteiger partial charge on any atom is 0.335 e. The van der Waals surface area contributed by atoms with Crippen LogP contribution in [0, 0.1) is 23.7 Å². The van der Waals surface area contributed by atoms with Crippen molar-refractivity contribution in [1.29, 1.82) is 0 Å². The Morgan fingerprint density at radius 3 is 2.69 bits per heavy atom. The zero-order valence-electron chi connectivity index (χ0n) is 16.9. The number of benzene rings is 1. The number of carbonyl (C=O) groups is 1. The molecule has 156 valence electrons. The molecule has 3 saturated carbocycles. The summed E-state index contributed by atoms with van der Waals surface area (Å²) in [5.74, 6) is 0.455. The van der Waals surface area contributed by atoms with Gasteiger partial charge in [-0.3, -0.25) is 0 Å². The van der Waals surface area contributed by atoms with Crippen molar-refractivity contribution in [3.63, 3.8) is 0 Å². The maximum absolute atomic E-state index is 11.2. The SMILES string of the molecule is O=C(O)c1cccc(/C=C2\C[C@@H]3C[C@@H](O)[C@H](/C=C/[C@@H](O)C4CCCCC4)[C@H]3C2)c1. The lowest BCUT2D eigenvalue weighted by Gasteiger charge is -2.25. The van der Waals surface area contributed by atoms with Gasteiger partial charge in [-0.15, -0.1) is 0 Å². The van der Waals surface area contributed by atoms with Gasteiger partial charge in [0.25, 0.3) is 0 Å². The Kier molecular flexibility index (Phi) is 6.21. The molecular weight excluding hydrogens is 364 g/mol. The number of fused-ring (bicyclic) bond motifs is 1. The number of aliphatic hydroxyl groups excluding tert-OH is 2. The molecule has 0 heterocycles. The second-order valence-electron chi connectivity index (χ2n) is 9.22. The molecule has 1 aromatic carbocycles. The highest BCUT2D eigenvalue weighted by Gasteiger charge is 2.45. The minimum Gasteiger partial charge on any atom is -0.478 e. The predicted molar refractivity (Wildman–Crippen MR) is 113 cm³/mol. The molecule has 0 amide bonds. The van der Waals surface area contributed by atoms with E-state index in [9.17, 15) is 20.1 Å². The molecule has 0 aliphatic heterocycles. The Labute approximate surface area is 173 Å². The summed E-state index contributed by atoms with van der Waals surface area (Å²) in [7, 11) is 0. The van der Waals surface area contributed by atoms with Gasteiger partial charge in [-0.1, -0.05) is 55.2 Å². The highest BCUT2D eigenvalue weighted by Crippen LogP contribution is 2.50. The van der Waals surface area contributed by atoms with Crippen LogP contribution >= 0.6 is 0 Å². The normalized spacial score (nSPS) is 32.7. The van der Waals surface area contributed by atoms with Crippen molar-refractivity contribution < 1.29 is 20.1 Å². The van der Waals surface area contributed by atoms with Crippen LogP contribution < -0.4 is 0 Å². The first-order chi connectivity index (χ1) is 14.0. The Bertz CT molecular complexity index is 790. The van der Waals surface area contributed by atoms with Crippen molar-refractivity contribution in [2.45, 2.75) is 63.6 Å². The quantitative estimate of drug-likeness (QED) is 0.632. The summed E-state index contributed by atoms with van der Waals surface area (Å²) in [6.07, 6.45) is 14.1. The summed E-state index contributed by atoms with van der Waals surface area (Å²) < 4.78 is 0. The van der Waals surface area contributed by atoms with Crippen molar-refractivity contribution in [3.05, 3.63) is 53.1 Å². The molecule has 1 aromatic rings. The monoisotopic (exact) mass is 396 g/mol. The highest BCUT2D eigenvalue weighted by atomic mass is 16.4. The summed E-state index contributed by atoms with van der Waals surface area (Å²) in [6, 6.07) is 7.06. The summed E-state index contributed by atoms with van der Waals surface area (Å²) in [6.45, 7) is 0. The van der Waals surface area contributed by atoms with E-state index in [0.29, 0.717) is 23.3 Å². The Morgan fingerprint density at radius 1 is 1.14 bits per heavy atom. The summed E-state index contributed by atoms with van der Waals surface area (Å²) in [5, 5.41) is 30.3. The number of hydrogen-bond acceptors (Lipinski definition) is 3. The van der Waals surface area contributed by atoms with Gasteiger partial charge in [0, 0.05) is 5.92 Å². The van der Waals surface area contributed by atoms with Crippen molar-refractivity contribution in [2.24, 2.45) is 23.7 Å². The molecule has 3 aliphatic carbocycles. The number of aromatic carboxylic acids is 1. The van der Waals surface area contributed by atoms with Gasteiger partial charge < -0.3 is 15.3 Å². The van der Waals surface area contributed by atoms with Crippen LogP contribution in [0.15, 0.2) is 42.0 Å². The van der Waals surface area contributed by atoms with Crippen molar-refractivity contribution in [1.82, 2.24) is 0 Å². The highest BCUT2D eigenvalue weighted by molar-refractivity contribution is 5.88. The first-order valence-electron chi connectivity index (χ1n) is 11.1. The summed E-state index contributed by atoms with van der Waals surface area (Å²) in [5.41, 5.74) is 2.58. The fraction of sp³-hybridized carbons (Fsp3) is 0.560. The third kappa shape index (κ3) is 4.65. The van der Waals surface area contributed by atoms with E-state index in [1.54, 1.807) is 18.2 Å². The van der Waals surface area contributed by atoms with Gasteiger partial charge in [-0.25, -0.2) is 4.79 Å². The van der Waals surface area contributed by atoms with Crippen LogP contribution in [0.5, 0.6) is 0 Å². The molecular formula is C25H32O4. The van der Waals surface area contributed by atoms with Crippen molar-refractivity contribution in [3.8, 4) is 0 Å². The Balaban J connectivity index is 1.43. The second-order valence-corrected chi connectivity index (χ2v) is 9.22. The average Bonchev–Trinajstić information content (AvgIpc) is 3.23. The van der Waals surface area contributed by atoms with E-state index < -0.39 is 12.1 Å². The molecule has 29 heavy (non-hydrogen) atoms. The summed E-state index contributed by atoms with van der Waals surface area (Å²) >= 11 is 0. The molecule has 0 spiro atoms. The van der Waals surface area contributed by atoms with Crippen LogP contribution in [0.25, 0.3) is 6.08 Å². The molecule has 3 aliphatic rings. The predicted octanol–water partition coefficient (Wildman–Crippen LogP) is 4.67. The third-order valence-corrected chi connectivity index (χ3v) is 7.28. The van der Waals surface area contributed by atoms with E-state index >= 15 is 0 Å². The molecule has 0 aromatic heterocycles. The molecule has 0 radical (unpaired) electrons. The number of carboxylic acids is 1. The molecule has 4 rings (SSSR count). The van der Waals surface area contributed by atoms with E-state index in [0.717, 1.165) is 37.7 Å². The van der Waals surface area contributed by atoms with Gasteiger partial charge in [0.1, 0.15) is 0 Å². The van der Waals surface area contributed by atoms with E-state index in [4.69, 9.17) is 0 Å². The van der Waals surface area contributed by atoms with Crippen LogP contribution in [0.3, 0.4) is 0 Å². The van der Waals surface area contributed by atoms with Gasteiger partial charge in [0.2, 0.25) is 0 Å². The fourth-order valence-electron chi connectivity index (χ4n) is 5.76. The minimum atomic E-state index is -0.904. The maximum atomic E-state index is 11.2. The van der Waals surface area contributed by atoms with E-state index in [2.05, 4.69) is 12.2 Å². The van der Waals surface area contributed by atoms with Gasteiger partial charge in [0.15, 0.2) is 0 Å². The zero-order valence-corrected chi connectivity index (χ0v) is 16.9. The van der Waals surface area contributed by atoms with Crippen LogP contribution in [0.1, 0.15) is 67.3 Å². The number of aliphatic hydroxyl groups is 2. The standard InChI is InChI=1S/C25H32O4/c26-23(18-6-2-1-3-7-18)10-9-21-22-14-17(13-20(22)15-24(21)27)11-16-5-4-8-19(12-16)25(28)29/h4-5,8-12,18,20-24,26-27H,1-3,6-7,13-15H2,(H,28,29)/b10-9+,17-11+/t20-,21-,22+,23-,24-/m1/s1. The lowest BCUT2D eigenvalue weighted by atomic mass is 9.84. The molecule has 0 saturated heterocycles. The molecule has 4 nitrogen and oxygen atoms in total. The molecule has 4 heteroatoms. The van der Waals surface area contributed by atoms with E-state index in [1.807, 2.05) is 12.1 Å². The van der Waals surface area contributed by atoms with Gasteiger partial charge in [-0.05, 0) is 67.6 Å². The molecule has 0 unspecified atom stereocenters. The first-order valence-corrected chi connectivity index (χ1v) is 11.1. The Hall–Kier alpha value is -1.91. The topological polar surface area (TPSA) is 77.8 Å². The fourth-order valence-corrected chi connectivity index (χ4v) is 5.76. The zero-order chi connectivity index (χ0) is 20.4. The van der Waals surface area contributed by atoms with Crippen LogP contribution in [0.4, 0.5) is 0 Å². The average molecular weight is 397 g/mol. The van der Waals surface area contributed by atoms with Crippen molar-refractivity contribution in [2.75, 3.05) is 0 Å². The van der Waals surface area contributed by atoms with E-state index in [1.165, 1.54) is 24.8 Å². The number of carboxylic acid groups (broad SMARTS) is 1. The third-order valence-electron chi connectivity index (χ3n) is 7.28. The van der Waals surface area contributed by atoms with Crippen LogP contribution in [-0.4, -0.2) is 33.5 Å². The van der Waals surface area contributed by atoms with Crippen molar-refractivity contribution >= 4 is 12.0 Å². The lowest BCUT2D eigenvalue weighted by molar-refractivity contribution is 0.0696. The van der Waals surface area contributed by atoms with Gasteiger partial charge in [0.05, 0.1) is 17.8 Å². The van der Waals surface area contributed by atoms with Crippen LogP contribution in [0.2, 0.25) is 0 Å². The molecule has 3 fully saturated rings.